The van der Waals surface area contributed by atoms with E-state index in [1.54, 1.807) is 14.2 Å². The second kappa shape index (κ2) is 12.2. The third-order valence-corrected chi connectivity index (χ3v) is 4.60. The van der Waals surface area contributed by atoms with Crippen LogP contribution in [0.2, 0.25) is 0 Å². The van der Waals surface area contributed by atoms with Gasteiger partial charge in [-0.1, -0.05) is 24.3 Å². The molecule has 2 aromatic carbocycles. The molecule has 0 aliphatic carbocycles. The predicted molar refractivity (Wildman–Crippen MR) is 135 cm³/mol. The van der Waals surface area contributed by atoms with Crippen LogP contribution in [0.1, 0.15) is 17.0 Å². The van der Waals surface area contributed by atoms with Gasteiger partial charge in [-0.15, -0.1) is 24.0 Å². The third kappa shape index (κ3) is 6.88. The Kier molecular flexibility index (Phi) is 9.64. The van der Waals surface area contributed by atoms with Crippen molar-refractivity contribution >= 4 is 29.9 Å². The van der Waals surface area contributed by atoms with Crippen molar-refractivity contribution in [2.24, 2.45) is 4.99 Å². The lowest BCUT2D eigenvalue weighted by atomic mass is 10.1. The Bertz CT molecular complexity index is 1000. The normalized spacial score (nSPS) is 10.9. The lowest BCUT2D eigenvalue weighted by molar-refractivity contribution is 0.319. The molecule has 0 radical (unpaired) electrons. The highest BCUT2D eigenvalue weighted by atomic mass is 127. The van der Waals surface area contributed by atoms with Crippen LogP contribution in [0.3, 0.4) is 0 Å². The Balaban J connectivity index is 0.00000341. The first-order chi connectivity index (χ1) is 14.6. The summed E-state index contributed by atoms with van der Waals surface area (Å²) < 4.78 is 12.9. The largest absolute Gasteiger partial charge is 0.497 e. The van der Waals surface area contributed by atoms with E-state index in [9.17, 15) is 0 Å². The van der Waals surface area contributed by atoms with Crippen LogP contribution >= 0.6 is 24.0 Å². The molecule has 0 unspecified atom stereocenters. The smallest absolute Gasteiger partial charge is 0.191 e. The quantitative estimate of drug-likeness (QED) is 0.199. The van der Waals surface area contributed by atoms with Crippen molar-refractivity contribution in [1.82, 2.24) is 20.4 Å². The minimum absolute atomic E-state index is 0. The van der Waals surface area contributed by atoms with E-state index < -0.39 is 0 Å². The summed E-state index contributed by atoms with van der Waals surface area (Å²) in [5.41, 5.74) is 4.31. The number of aryl methyl sites for hydroxylation is 2. The molecular weight excluding hydrogens is 505 g/mol. The number of methoxy groups -OCH3 is 1. The number of nitrogens with zero attached hydrogens (tertiary/aromatic N) is 3. The van der Waals surface area contributed by atoms with Gasteiger partial charge >= 0.3 is 0 Å². The molecule has 166 valence electrons. The molecular formula is C23H30IN5O2. The van der Waals surface area contributed by atoms with Crippen LogP contribution in [-0.2, 0) is 6.54 Å². The molecule has 3 rings (SSSR count). The molecule has 0 amide bonds. The van der Waals surface area contributed by atoms with Crippen LogP contribution in [0.15, 0.2) is 59.6 Å². The van der Waals surface area contributed by atoms with E-state index in [4.69, 9.17) is 9.47 Å². The average molecular weight is 535 g/mol. The second-order valence-electron chi connectivity index (χ2n) is 6.85. The number of para-hydroxylation sites is 1. The number of nitrogens with one attached hydrogen (secondary N) is 2. The number of hydrogen-bond donors (Lipinski definition) is 2. The molecule has 0 saturated carbocycles. The van der Waals surface area contributed by atoms with Gasteiger partial charge in [0, 0.05) is 25.4 Å². The second-order valence-corrected chi connectivity index (χ2v) is 6.85. The Morgan fingerprint density at radius 2 is 1.81 bits per heavy atom. The van der Waals surface area contributed by atoms with Gasteiger partial charge in [0.25, 0.3) is 0 Å². The lowest BCUT2D eigenvalue weighted by Crippen LogP contribution is -2.39. The zero-order valence-corrected chi connectivity index (χ0v) is 20.7. The average Bonchev–Trinajstić information content (AvgIpc) is 3.11. The van der Waals surface area contributed by atoms with Gasteiger partial charge in [0.2, 0.25) is 0 Å². The zero-order chi connectivity index (χ0) is 21.3. The predicted octanol–water partition coefficient (Wildman–Crippen LogP) is 3.86. The van der Waals surface area contributed by atoms with Crippen molar-refractivity contribution in [2.75, 3.05) is 27.3 Å². The maximum Gasteiger partial charge on any atom is 0.191 e. The highest BCUT2D eigenvalue weighted by Crippen LogP contribution is 2.19. The Labute approximate surface area is 200 Å². The maximum absolute atomic E-state index is 5.76. The minimum atomic E-state index is 0. The summed E-state index contributed by atoms with van der Waals surface area (Å²) >= 11 is 0. The molecule has 1 heterocycles. The Morgan fingerprint density at radius 3 is 2.52 bits per heavy atom. The topological polar surface area (TPSA) is 72.7 Å². The van der Waals surface area contributed by atoms with Crippen LogP contribution in [-0.4, -0.2) is 43.0 Å². The van der Waals surface area contributed by atoms with Crippen LogP contribution in [0.4, 0.5) is 0 Å². The van der Waals surface area contributed by atoms with Crippen molar-refractivity contribution in [1.29, 1.82) is 0 Å². The number of benzene rings is 2. The summed E-state index contributed by atoms with van der Waals surface area (Å²) in [5.74, 6) is 2.27. The van der Waals surface area contributed by atoms with E-state index in [-0.39, 0.29) is 24.0 Å². The van der Waals surface area contributed by atoms with Gasteiger partial charge in [0.15, 0.2) is 5.96 Å². The van der Waals surface area contributed by atoms with E-state index in [0.717, 1.165) is 34.1 Å². The number of ether oxygens (including phenoxy) is 2. The lowest BCUT2D eigenvalue weighted by Gasteiger charge is -2.15. The number of aliphatic imine (C=N–C) groups is 1. The molecule has 2 N–H and O–H groups in total. The van der Waals surface area contributed by atoms with E-state index in [0.29, 0.717) is 25.7 Å². The zero-order valence-electron chi connectivity index (χ0n) is 18.4. The molecule has 0 bridgehead atoms. The molecule has 0 aliphatic heterocycles. The monoisotopic (exact) mass is 535 g/mol. The molecule has 3 aromatic rings. The maximum atomic E-state index is 5.76. The summed E-state index contributed by atoms with van der Waals surface area (Å²) in [6, 6.07) is 17.9. The van der Waals surface area contributed by atoms with Crippen LogP contribution < -0.4 is 20.1 Å². The van der Waals surface area contributed by atoms with E-state index >= 15 is 0 Å². The highest BCUT2D eigenvalue weighted by molar-refractivity contribution is 14.0. The number of rotatable bonds is 8. The van der Waals surface area contributed by atoms with Gasteiger partial charge < -0.3 is 20.1 Å². The fraction of sp³-hybridized carbons (Fsp3) is 0.304. The number of halogens is 1. The molecule has 0 saturated heterocycles. The summed E-state index contributed by atoms with van der Waals surface area (Å²) in [4.78, 5) is 4.30. The first-order valence-electron chi connectivity index (χ1n) is 9.93. The minimum Gasteiger partial charge on any atom is -0.497 e. The summed E-state index contributed by atoms with van der Waals surface area (Å²) in [6.07, 6.45) is 0. The first-order valence-corrected chi connectivity index (χ1v) is 9.93. The van der Waals surface area contributed by atoms with Crippen molar-refractivity contribution < 1.29 is 9.47 Å². The summed E-state index contributed by atoms with van der Waals surface area (Å²) in [5, 5.41) is 11.2. The number of hydrogen-bond acceptors (Lipinski definition) is 4. The van der Waals surface area contributed by atoms with Gasteiger partial charge in [-0.25, -0.2) is 4.68 Å². The molecule has 7 nitrogen and oxygen atoms in total. The molecule has 0 aliphatic rings. The SMILES string of the molecule is CN=C(NCCOc1cccc(OC)c1)NCc1ccccc1-n1nc(C)cc1C.I. The van der Waals surface area contributed by atoms with Crippen LogP contribution in [0.5, 0.6) is 11.5 Å². The van der Waals surface area contributed by atoms with Crippen molar-refractivity contribution in [3.8, 4) is 17.2 Å². The van der Waals surface area contributed by atoms with E-state index in [1.807, 2.05) is 48.0 Å². The Morgan fingerprint density at radius 1 is 1.03 bits per heavy atom. The number of aromatic nitrogens is 2. The fourth-order valence-electron chi connectivity index (χ4n) is 3.17. The molecule has 0 spiro atoms. The Hall–Kier alpha value is -2.75. The molecule has 0 fully saturated rings. The van der Waals surface area contributed by atoms with E-state index in [1.165, 1.54) is 0 Å². The van der Waals surface area contributed by atoms with E-state index in [2.05, 4.69) is 45.8 Å². The third-order valence-electron chi connectivity index (χ3n) is 4.60. The first kappa shape index (κ1) is 24.5. The van der Waals surface area contributed by atoms with Gasteiger partial charge in [-0.3, -0.25) is 4.99 Å². The molecule has 8 heteroatoms. The summed E-state index contributed by atoms with van der Waals surface area (Å²) in [7, 11) is 3.40. The standard InChI is InChI=1S/C23H29N5O2.HI/c1-17-14-18(2)28(27-17)22-11-6-5-8-19(22)16-26-23(24-3)25-12-13-30-21-10-7-9-20(15-21)29-4;/h5-11,14-15H,12-13,16H2,1-4H3,(H2,24,25,26);1H. The molecule has 31 heavy (non-hydrogen) atoms. The van der Waals surface area contributed by atoms with Crippen molar-refractivity contribution in [3.05, 3.63) is 71.5 Å². The fourth-order valence-corrected chi connectivity index (χ4v) is 3.17. The summed E-state index contributed by atoms with van der Waals surface area (Å²) in [6.45, 7) is 5.83. The van der Waals surface area contributed by atoms with Crippen molar-refractivity contribution in [2.45, 2.75) is 20.4 Å². The molecule has 1 aromatic heterocycles. The van der Waals surface area contributed by atoms with Crippen molar-refractivity contribution in [3.63, 3.8) is 0 Å². The van der Waals surface area contributed by atoms with Crippen LogP contribution in [0, 0.1) is 13.8 Å². The van der Waals surface area contributed by atoms with Gasteiger partial charge in [0.05, 0.1) is 25.0 Å². The van der Waals surface area contributed by atoms with Crippen LogP contribution in [0.25, 0.3) is 5.69 Å². The number of guanidine groups is 1. The van der Waals surface area contributed by atoms with Gasteiger partial charge in [-0.2, -0.15) is 5.10 Å². The van der Waals surface area contributed by atoms with Gasteiger partial charge in [0.1, 0.15) is 18.1 Å². The molecule has 0 atom stereocenters. The highest BCUT2D eigenvalue weighted by Gasteiger charge is 2.09. The van der Waals surface area contributed by atoms with Gasteiger partial charge in [-0.05, 0) is 43.7 Å².